The van der Waals surface area contributed by atoms with Crippen LogP contribution in [0.15, 0.2) is 18.2 Å². The summed E-state index contributed by atoms with van der Waals surface area (Å²) in [7, 11) is -1.59. The maximum absolute atomic E-state index is 12.9. The lowest BCUT2D eigenvalue weighted by Crippen LogP contribution is -2.31. The molecule has 1 amide bonds. The number of benzene rings is 1. The molecule has 0 saturated heterocycles. The molecule has 0 N–H and O–H groups in total. The van der Waals surface area contributed by atoms with E-state index >= 15 is 0 Å². The van der Waals surface area contributed by atoms with Crippen LogP contribution in [0.5, 0.6) is 0 Å². The van der Waals surface area contributed by atoms with Crippen LogP contribution in [0.3, 0.4) is 0 Å². The maximum Gasteiger partial charge on any atom is 0.254 e. The van der Waals surface area contributed by atoms with Crippen LogP contribution in [0.4, 0.5) is 4.39 Å². The highest BCUT2D eigenvalue weighted by Crippen LogP contribution is 2.15. The van der Waals surface area contributed by atoms with Crippen molar-refractivity contribution in [3.8, 4) is 0 Å². The van der Waals surface area contributed by atoms with Crippen molar-refractivity contribution in [2.75, 3.05) is 25.6 Å². The highest BCUT2D eigenvalue weighted by atomic mass is 127. The van der Waals surface area contributed by atoms with Crippen LogP contribution < -0.4 is 0 Å². The van der Waals surface area contributed by atoms with E-state index in [2.05, 4.69) is 0 Å². The van der Waals surface area contributed by atoms with Crippen LogP contribution in [0.25, 0.3) is 0 Å². The second-order valence-corrected chi connectivity index (χ2v) is 7.40. The third-order valence-corrected chi connectivity index (χ3v) is 4.12. The van der Waals surface area contributed by atoms with Crippen molar-refractivity contribution in [1.29, 1.82) is 0 Å². The summed E-state index contributed by atoms with van der Waals surface area (Å²) in [5.74, 6) is -0.815. The van der Waals surface area contributed by atoms with Gasteiger partial charge < -0.3 is 4.90 Å². The zero-order valence-corrected chi connectivity index (χ0v) is 13.0. The molecule has 1 aromatic rings. The van der Waals surface area contributed by atoms with Gasteiger partial charge in [0.05, 0.1) is 11.3 Å². The summed E-state index contributed by atoms with van der Waals surface area (Å²) >= 11 is 1.87. The molecular weight excluding hydrogens is 372 g/mol. The Morgan fingerprint density at radius 2 is 2.06 bits per heavy atom. The summed E-state index contributed by atoms with van der Waals surface area (Å²) in [4.78, 5) is 13.3. The SMILES string of the molecule is CN(CCS(C)(=O)=O)C(=O)c1ccc(F)cc1I. The van der Waals surface area contributed by atoms with Gasteiger partial charge in [-0.1, -0.05) is 0 Å². The summed E-state index contributed by atoms with van der Waals surface area (Å²) in [6.07, 6.45) is 1.12. The zero-order valence-electron chi connectivity index (χ0n) is 9.98. The van der Waals surface area contributed by atoms with Gasteiger partial charge in [0, 0.05) is 23.4 Å². The molecule has 0 radical (unpaired) electrons. The number of hydrogen-bond acceptors (Lipinski definition) is 3. The van der Waals surface area contributed by atoms with E-state index in [9.17, 15) is 17.6 Å². The minimum atomic E-state index is -3.11. The van der Waals surface area contributed by atoms with Crippen LogP contribution in [-0.4, -0.2) is 44.8 Å². The molecule has 0 atom stereocenters. The number of amides is 1. The highest BCUT2D eigenvalue weighted by Gasteiger charge is 2.16. The molecule has 1 rings (SSSR count). The molecule has 7 heteroatoms. The smallest absolute Gasteiger partial charge is 0.254 e. The van der Waals surface area contributed by atoms with Gasteiger partial charge in [-0.2, -0.15) is 0 Å². The van der Waals surface area contributed by atoms with E-state index in [1.165, 1.54) is 30.1 Å². The van der Waals surface area contributed by atoms with E-state index in [4.69, 9.17) is 0 Å². The number of carbonyl (C=O) groups is 1. The number of nitrogens with zero attached hydrogens (tertiary/aromatic N) is 1. The van der Waals surface area contributed by atoms with Crippen molar-refractivity contribution < 1.29 is 17.6 Å². The number of halogens is 2. The predicted molar refractivity (Wildman–Crippen MR) is 75.8 cm³/mol. The fraction of sp³-hybridized carbons (Fsp3) is 0.364. The first kappa shape index (κ1) is 15.4. The Morgan fingerprint density at radius 1 is 1.44 bits per heavy atom. The topological polar surface area (TPSA) is 54.5 Å². The Labute approximate surface area is 119 Å². The average molecular weight is 385 g/mol. The molecule has 0 aliphatic heterocycles. The van der Waals surface area contributed by atoms with Crippen LogP contribution >= 0.6 is 22.6 Å². The maximum atomic E-state index is 12.9. The fourth-order valence-corrected chi connectivity index (χ4v) is 2.59. The van der Waals surface area contributed by atoms with E-state index in [0.717, 1.165) is 6.26 Å². The summed E-state index contributed by atoms with van der Waals surface area (Å²) in [6.45, 7) is 0.116. The standard InChI is InChI=1S/C11H13FINO3S/c1-14(5-6-18(2,16)17)11(15)9-4-3-8(12)7-10(9)13/h3-4,7H,5-6H2,1-2H3. The Bertz CT molecular complexity index is 559. The molecule has 0 heterocycles. The van der Waals surface area contributed by atoms with Gasteiger partial charge in [0.15, 0.2) is 0 Å². The van der Waals surface area contributed by atoms with Gasteiger partial charge in [-0.05, 0) is 40.8 Å². The minimum absolute atomic E-state index is 0.0903. The molecule has 18 heavy (non-hydrogen) atoms. The summed E-state index contributed by atoms with van der Waals surface area (Å²) in [5.41, 5.74) is 0.369. The van der Waals surface area contributed by atoms with Gasteiger partial charge in [0.1, 0.15) is 15.7 Å². The Kier molecular flexibility index (Phi) is 5.09. The second kappa shape index (κ2) is 5.96. The number of rotatable bonds is 4. The molecule has 100 valence electrons. The zero-order chi connectivity index (χ0) is 13.9. The first-order valence-electron chi connectivity index (χ1n) is 5.09. The third kappa shape index (κ3) is 4.52. The molecule has 0 spiro atoms. The molecule has 0 aliphatic rings. The van der Waals surface area contributed by atoms with Gasteiger partial charge in [-0.15, -0.1) is 0 Å². The molecular formula is C11H13FINO3S. The molecule has 0 unspecified atom stereocenters. The summed E-state index contributed by atoms with van der Waals surface area (Å²) < 4.78 is 35.4. The summed E-state index contributed by atoms with van der Waals surface area (Å²) in [6, 6.07) is 3.87. The molecule has 1 aromatic carbocycles. The number of sulfone groups is 1. The van der Waals surface area contributed by atoms with Crippen LogP contribution in [0, 0.1) is 9.39 Å². The lowest BCUT2D eigenvalue weighted by atomic mass is 10.2. The second-order valence-electron chi connectivity index (χ2n) is 3.98. The largest absolute Gasteiger partial charge is 0.341 e. The fourth-order valence-electron chi connectivity index (χ4n) is 1.27. The van der Waals surface area contributed by atoms with E-state index < -0.39 is 15.7 Å². The van der Waals surface area contributed by atoms with E-state index in [0.29, 0.717) is 9.13 Å². The highest BCUT2D eigenvalue weighted by molar-refractivity contribution is 14.1. The monoisotopic (exact) mass is 385 g/mol. The van der Waals surface area contributed by atoms with Crippen LogP contribution in [0.1, 0.15) is 10.4 Å². The predicted octanol–water partition coefficient (Wildman–Crippen LogP) is 1.55. The van der Waals surface area contributed by atoms with Crippen LogP contribution in [-0.2, 0) is 9.84 Å². The number of carbonyl (C=O) groups excluding carboxylic acids is 1. The van der Waals surface area contributed by atoms with E-state index in [-0.39, 0.29) is 18.2 Å². The van der Waals surface area contributed by atoms with Gasteiger partial charge in [0.25, 0.3) is 5.91 Å². The van der Waals surface area contributed by atoms with Gasteiger partial charge in [-0.3, -0.25) is 4.79 Å². The first-order valence-corrected chi connectivity index (χ1v) is 8.23. The minimum Gasteiger partial charge on any atom is -0.341 e. The molecule has 0 aliphatic carbocycles. The van der Waals surface area contributed by atoms with E-state index in [1.807, 2.05) is 22.6 Å². The Balaban J connectivity index is 2.80. The van der Waals surface area contributed by atoms with Crippen molar-refractivity contribution in [3.05, 3.63) is 33.1 Å². The number of hydrogen-bond donors (Lipinski definition) is 0. The quantitative estimate of drug-likeness (QED) is 0.740. The molecule has 0 bridgehead atoms. The van der Waals surface area contributed by atoms with Gasteiger partial charge in [0.2, 0.25) is 0 Å². The van der Waals surface area contributed by atoms with Gasteiger partial charge in [-0.25, -0.2) is 12.8 Å². The van der Waals surface area contributed by atoms with Crippen molar-refractivity contribution >= 4 is 38.3 Å². The Morgan fingerprint density at radius 3 is 2.56 bits per heavy atom. The first-order chi connectivity index (χ1) is 8.20. The van der Waals surface area contributed by atoms with Crippen molar-refractivity contribution in [1.82, 2.24) is 4.90 Å². The van der Waals surface area contributed by atoms with Crippen LogP contribution in [0.2, 0.25) is 0 Å². The Hall–Kier alpha value is -0.700. The lowest BCUT2D eigenvalue weighted by Gasteiger charge is -2.17. The van der Waals surface area contributed by atoms with Gasteiger partial charge >= 0.3 is 0 Å². The summed E-state index contributed by atoms with van der Waals surface area (Å²) in [5, 5.41) is 0. The lowest BCUT2D eigenvalue weighted by molar-refractivity contribution is 0.0802. The van der Waals surface area contributed by atoms with E-state index in [1.54, 1.807) is 0 Å². The average Bonchev–Trinajstić information content (AvgIpc) is 2.24. The molecule has 0 fully saturated rings. The third-order valence-electron chi connectivity index (χ3n) is 2.31. The van der Waals surface area contributed by atoms with Crippen molar-refractivity contribution in [2.24, 2.45) is 0 Å². The molecule has 4 nitrogen and oxygen atoms in total. The molecule has 0 aromatic heterocycles. The molecule has 0 saturated carbocycles. The van der Waals surface area contributed by atoms with Crippen molar-refractivity contribution in [2.45, 2.75) is 0 Å². The van der Waals surface area contributed by atoms with Crippen molar-refractivity contribution in [3.63, 3.8) is 0 Å². The normalized spacial score (nSPS) is 11.3.